The molecular formula is C22H10Br2F6N2. The Balaban J connectivity index is 1.95. The van der Waals surface area contributed by atoms with Gasteiger partial charge < -0.3 is 0 Å². The van der Waals surface area contributed by atoms with Crippen molar-refractivity contribution in [3.8, 4) is 22.5 Å². The molecule has 0 saturated heterocycles. The van der Waals surface area contributed by atoms with Gasteiger partial charge >= 0.3 is 12.4 Å². The number of benzene rings is 3. The first kappa shape index (κ1) is 22.7. The Morgan fingerprint density at radius 3 is 1.09 bits per heavy atom. The molecule has 3 aromatic carbocycles. The number of rotatable bonds is 2. The molecule has 4 rings (SSSR count). The quantitative estimate of drug-likeness (QED) is 0.224. The van der Waals surface area contributed by atoms with E-state index in [2.05, 4.69) is 41.8 Å². The van der Waals surface area contributed by atoms with Gasteiger partial charge in [-0.1, -0.05) is 24.3 Å². The van der Waals surface area contributed by atoms with Crippen LogP contribution >= 0.6 is 31.9 Å². The molecule has 0 bridgehead atoms. The average molecular weight is 576 g/mol. The lowest BCUT2D eigenvalue weighted by Gasteiger charge is -2.14. The molecule has 0 aliphatic rings. The van der Waals surface area contributed by atoms with Crippen molar-refractivity contribution in [3.05, 3.63) is 80.7 Å². The highest BCUT2D eigenvalue weighted by Gasteiger charge is 2.31. The normalized spacial score (nSPS) is 12.4. The van der Waals surface area contributed by atoms with E-state index in [1.165, 1.54) is 24.3 Å². The second-order valence-electron chi connectivity index (χ2n) is 6.80. The Morgan fingerprint density at radius 1 is 0.500 bits per heavy atom. The molecule has 164 valence electrons. The summed E-state index contributed by atoms with van der Waals surface area (Å²) in [4.78, 5) is 9.20. The van der Waals surface area contributed by atoms with Gasteiger partial charge in [-0.25, -0.2) is 9.97 Å². The fraction of sp³-hybridized carbons (Fsp3) is 0.0909. The second kappa shape index (κ2) is 8.15. The molecule has 0 fully saturated rings. The van der Waals surface area contributed by atoms with Crippen LogP contribution in [0.25, 0.3) is 33.5 Å². The van der Waals surface area contributed by atoms with E-state index < -0.39 is 23.5 Å². The largest absolute Gasteiger partial charge is 0.416 e. The Hall–Kier alpha value is -2.46. The number of fused-ring (bicyclic) bond motifs is 1. The Kier molecular flexibility index (Phi) is 5.79. The van der Waals surface area contributed by atoms with E-state index in [-0.39, 0.29) is 11.4 Å². The van der Waals surface area contributed by atoms with Crippen molar-refractivity contribution < 1.29 is 26.3 Å². The van der Waals surface area contributed by atoms with Gasteiger partial charge in [-0.05, 0) is 68.3 Å². The minimum absolute atomic E-state index is 0.241. The molecule has 0 aliphatic heterocycles. The van der Waals surface area contributed by atoms with Gasteiger partial charge in [0.25, 0.3) is 0 Å². The van der Waals surface area contributed by atoms with E-state index >= 15 is 0 Å². The lowest BCUT2D eigenvalue weighted by atomic mass is 10.0. The fourth-order valence-electron chi connectivity index (χ4n) is 3.11. The van der Waals surface area contributed by atoms with Crippen LogP contribution in [0.15, 0.2) is 69.6 Å². The highest BCUT2D eigenvalue weighted by Crippen LogP contribution is 2.38. The topological polar surface area (TPSA) is 25.8 Å². The van der Waals surface area contributed by atoms with Crippen LogP contribution in [0.5, 0.6) is 0 Å². The van der Waals surface area contributed by atoms with E-state index in [4.69, 9.17) is 0 Å². The standard InChI is InChI=1S/C22H10Br2F6N2/c23-15-9-10-16(24)20-19(15)31-17(11-1-5-13(6-2-11)21(25,26)27)18(32-20)12-3-7-14(8-4-12)22(28,29)30/h1-10H. The summed E-state index contributed by atoms with van der Waals surface area (Å²) in [6.07, 6.45) is -9.00. The zero-order valence-electron chi connectivity index (χ0n) is 15.7. The third kappa shape index (κ3) is 4.38. The minimum atomic E-state index is -4.50. The van der Waals surface area contributed by atoms with Crippen LogP contribution in [0.2, 0.25) is 0 Å². The number of nitrogens with zero attached hydrogens (tertiary/aromatic N) is 2. The van der Waals surface area contributed by atoms with E-state index in [0.29, 0.717) is 31.1 Å². The first-order chi connectivity index (χ1) is 14.9. The van der Waals surface area contributed by atoms with Crippen molar-refractivity contribution in [2.45, 2.75) is 12.4 Å². The molecule has 0 saturated carbocycles. The molecule has 0 unspecified atom stereocenters. The monoisotopic (exact) mass is 574 g/mol. The molecule has 0 aliphatic carbocycles. The zero-order chi connectivity index (χ0) is 23.3. The van der Waals surface area contributed by atoms with Crippen LogP contribution in [0, 0.1) is 0 Å². The Labute approximate surface area is 194 Å². The van der Waals surface area contributed by atoms with Crippen LogP contribution in [0.3, 0.4) is 0 Å². The Bertz CT molecular complexity index is 1200. The number of alkyl halides is 6. The molecule has 10 heteroatoms. The third-order valence-corrected chi connectivity index (χ3v) is 5.98. The predicted octanol–water partition coefficient (Wildman–Crippen LogP) is 8.53. The number of hydrogen-bond donors (Lipinski definition) is 0. The van der Waals surface area contributed by atoms with Crippen molar-refractivity contribution in [1.29, 1.82) is 0 Å². The van der Waals surface area contributed by atoms with E-state index in [1.54, 1.807) is 12.1 Å². The highest BCUT2D eigenvalue weighted by atomic mass is 79.9. The predicted molar refractivity (Wildman–Crippen MR) is 116 cm³/mol. The van der Waals surface area contributed by atoms with Crippen LogP contribution in [-0.2, 0) is 12.4 Å². The summed E-state index contributed by atoms with van der Waals surface area (Å²) in [6.45, 7) is 0. The maximum absolute atomic E-state index is 13.0. The van der Waals surface area contributed by atoms with Crippen LogP contribution in [0.1, 0.15) is 11.1 Å². The molecule has 4 aromatic rings. The molecule has 1 aromatic heterocycles. The van der Waals surface area contributed by atoms with Gasteiger partial charge in [0, 0.05) is 20.1 Å². The maximum Gasteiger partial charge on any atom is 0.416 e. The number of halogens is 8. The molecule has 0 radical (unpaired) electrons. The average Bonchev–Trinajstić information content (AvgIpc) is 2.75. The van der Waals surface area contributed by atoms with E-state index in [9.17, 15) is 26.3 Å². The first-order valence-electron chi connectivity index (χ1n) is 8.96. The Morgan fingerprint density at radius 2 is 0.812 bits per heavy atom. The van der Waals surface area contributed by atoms with Crippen molar-refractivity contribution >= 4 is 42.9 Å². The smallest absolute Gasteiger partial charge is 0.243 e. The lowest BCUT2D eigenvalue weighted by molar-refractivity contribution is -0.138. The summed E-state index contributed by atoms with van der Waals surface area (Å²) >= 11 is 6.78. The molecule has 0 spiro atoms. The lowest BCUT2D eigenvalue weighted by Crippen LogP contribution is -2.05. The molecular weight excluding hydrogens is 566 g/mol. The van der Waals surface area contributed by atoms with Crippen molar-refractivity contribution in [3.63, 3.8) is 0 Å². The minimum Gasteiger partial charge on any atom is -0.243 e. The van der Waals surface area contributed by atoms with Gasteiger partial charge in [-0.2, -0.15) is 26.3 Å². The summed E-state index contributed by atoms with van der Waals surface area (Å²) in [5.74, 6) is 0. The first-order valence-corrected chi connectivity index (χ1v) is 10.5. The van der Waals surface area contributed by atoms with Crippen molar-refractivity contribution in [2.24, 2.45) is 0 Å². The van der Waals surface area contributed by atoms with Crippen molar-refractivity contribution in [1.82, 2.24) is 9.97 Å². The fourth-order valence-corrected chi connectivity index (χ4v) is 3.93. The molecule has 0 atom stereocenters. The van der Waals surface area contributed by atoms with Crippen molar-refractivity contribution in [2.75, 3.05) is 0 Å². The summed E-state index contributed by atoms with van der Waals surface area (Å²) in [6, 6.07) is 12.2. The van der Waals surface area contributed by atoms with Gasteiger partial charge in [0.2, 0.25) is 0 Å². The van der Waals surface area contributed by atoms with Crippen LogP contribution in [-0.4, -0.2) is 9.97 Å². The molecule has 32 heavy (non-hydrogen) atoms. The summed E-state index contributed by atoms with van der Waals surface area (Å²) in [5, 5.41) is 0. The molecule has 0 amide bonds. The SMILES string of the molecule is FC(F)(F)c1ccc(-c2nc3c(Br)ccc(Br)c3nc2-c2ccc(C(F)(F)F)cc2)cc1. The van der Waals surface area contributed by atoms with Crippen LogP contribution in [0.4, 0.5) is 26.3 Å². The molecule has 0 N–H and O–H groups in total. The van der Waals surface area contributed by atoms with E-state index in [1.807, 2.05) is 0 Å². The summed E-state index contributed by atoms with van der Waals surface area (Å²) in [7, 11) is 0. The van der Waals surface area contributed by atoms with Gasteiger partial charge in [-0.3, -0.25) is 0 Å². The van der Waals surface area contributed by atoms with Gasteiger partial charge in [0.05, 0.1) is 22.5 Å². The summed E-state index contributed by atoms with van der Waals surface area (Å²) in [5.41, 5.74) is 0.415. The number of hydrogen-bond acceptors (Lipinski definition) is 2. The second-order valence-corrected chi connectivity index (χ2v) is 8.51. The number of aromatic nitrogens is 2. The van der Waals surface area contributed by atoms with Crippen LogP contribution < -0.4 is 0 Å². The zero-order valence-corrected chi connectivity index (χ0v) is 18.9. The summed E-state index contributed by atoms with van der Waals surface area (Å²) < 4.78 is 79.1. The van der Waals surface area contributed by atoms with Gasteiger partial charge in [0.1, 0.15) is 11.0 Å². The third-order valence-electron chi connectivity index (χ3n) is 4.70. The maximum atomic E-state index is 13.0. The highest BCUT2D eigenvalue weighted by molar-refractivity contribution is 9.11. The van der Waals surface area contributed by atoms with Gasteiger partial charge in [0.15, 0.2) is 0 Å². The molecule has 2 nitrogen and oxygen atoms in total. The van der Waals surface area contributed by atoms with E-state index in [0.717, 1.165) is 24.3 Å². The molecule has 1 heterocycles. The van der Waals surface area contributed by atoms with Gasteiger partial charge in [-0.15, -0.1) is 0 Å².